The number of rotatable bonds is 5. The Morgan fingerprint density at radius 2 is 1.93 bits per heavy atom. The lowest BCUT2D eigenvalue weighted by molar-refractivity contribution is -0.188. The molecule has 3 atom stereocenters. The summed E-state index contributed by atoms with van der Waals surface area (Å²) in [6, 6.07) is 6.53. The molecule has 7 nitrogen and oxygen atoms in total. The zero-order valence-electron chi connectivity index (χ0n) is 16.7. The van der Waals surface area contributed by atoms with Crippen LogP contribution in [0, 0.1) is 11.3 Å². The number of nitrogens with zero attached hydrogens (tertiary/aromatic N) is 1. The van der Waals surface area contributed by atoms with Crippen LogP contribution in [0.5, 0.6) is 5.75 Å². The molecule has 1 aliphatic heterocycles. The summed E-state index contributed by atoms with van der Waals surface area (Å²) in [5.74, 6) is 1.26. The third kappa shape index (κ3) is 4.89. The number of phenolic OH excluding ortho intramolecular Hbond substituents is 1. The van der Waals surface area contributed by atoms with Crippen LogP contribution >= 0.6 is 24.0 Å². The van der Waals surface area contributed by atoms with E-state index in [4.69, 9.17) is 4.74 Å². The topological polar surface area (TPSA) is 95.0 Å². The SMILES string of the molecule is CN=C(NCCNC(=O)c1ccc(O)cc1)NC1C2CCCOC2C1(C)C.I. The van der Waals surface area contributed by atoms with Crippen molar-refractivity contribution in [2.75, 3.05) is 26.7 Å². The Kier molecular flexibility index (Phi) is 7.94. The van der Waals surface area contributed by atoms with E-state index in [2.05, 4.69) is 34.8 Å². The molecule has 156 valence electrons. The van der Waals surface area contributed by atoms with Gasteiger partial charge < -0.3 is 25.8 Å². The van der Waals surface area contributed by atoms with Crippen molar-refractivity contribution in [3.63, 3.8) is 0 Å². The van der Waals surface area contributed by atoms with Gasteiger partial charge in [0.25, 0.3) is 5.91 Å². The van der Waals surface area contributed by atoms with E-state index in [-0.39, 0.29) is 41.0 Å². The van der Waals surface area contributed by atoms with E-state index in [9.17, 15) is 9.90 Å². The van der Waals surface area contributed by atoms with Crippen LogP contribution in [0.4, 0.5) is 0 Å². The van der Waals surface area contributed by atoms with Gasteiger partial charge in [-0.1, -0.05) is 13.8 Å². The molecule has 8 heteroatoms. The molecule has 1 saturated heterocycles. The predicted octanol–water partition coefficient (Wildman–Crippen LogP) is 2.11. The number of halogens is 1. The highest BCUT2D eigenvalue weighted by Gasteiger charge is 2.58. The molecule has 0 spiro atoms. The van der Waals surface area contributed by atoms with E-state index >= 15 is 0 Å². The van der Waals surface area contributed by atoms with Crippen LogP contribution in [-0.4, -0.2) is 55.9 Å². The number of benzene rings is 1. The molecule has 1 saturated carbocycles. The first-order valence-electron chi connectivity index (χ1n) is 9.59. The summed E-state index contributed by atoms with van der Waals surface area (Å²) < 4.78 is 5.95. The van der Waals surface area contributed by atoms with Gasteiger partial charge in [-0.15, -0.1) is 24.0 Å². The summed E-state index contributed by atoms with van der Waals surface area (Å²) in [5, 5.41) is 18.9. The van der Waals surface area contributed by atoms with Gasteiger partial charge in [0.1, 0.15) is 5.75 Å². The Balaban J connectivity index is 0.00000280. The molecule has 1 aromatic carbocycles. The normalized spacial score (nSPS) is 25.5. The van der Waals surface area contributed by atoms with Gasteiger partial charge in [-0.05, 0) is 37.1 Å². The molecular weight excluding hydrogens is 471 g/mol. The highest BCUT2D eigenvalue weighted by molar-refractivity contribution is 14.0. The fourth-order valence-electron chi connectivity index (χ4n) is 4.23. The second-order valence-corrected chi connectivity index (χ2v) is 7.84. The first-order chi connectivity index (χ1) is 12.9. The highest BCUT2D eigenvalue weighted by atomic mass is 127. The number of fused-ring (bicyclic) bond motifs is 1. The van der Waals surface area contributed by atoms with Gasteiger partial charge in [0.05, 0.1) is 6.10 Å². The largest absolute Gasteiger partial charge is 0.508 e. The molecule has 1 heterocycles. The van der Waals surface area contributed by atoms with Crippen molar-refractivity contribution < 1.29 is 14.6 Å². The molecule has 3 rings (SSSR count). The van der Waals surface area contributed by atoms with Gasteiger partial charge in [0.2, 0.25) is 0 Å². The van der Waals surface area contributed by atoms with E-state index in [1.807, 2.05) is 0 Å². The van der Waals surface area contributed by atoms with Crippen molar-refractivity contribution in [2.45, 2.75) is 38.8 Å². The van der Waals surface area contributed by atoms with Crippen molar-refractivity contribution in [2.24, 2.45) is 16.3 Å². The van der Waals surface area contributed by atoms with Crippen LogP contribution < -0.4 is 16.0 Å². The van der Waals surface area contributed by atoms with E-state index in [0.29, 0.717) is 36.7 Å². The molecule has 1 amide bonds. The number of hydrogen-bond acceptors (Lipinski definition) is 4. The van der Waals surface area contributed by atoms with E-state index in [1.54, 1.807) is 19.2 Å². The van der Waals surface area contributed by atoms with Crippen LogP contribution in [-0.2, 0) is 4.74 Å². The van der Waals surface area contributed by atoms with Gasteiger partial charge in [-0.3, -0.25) is 9.79 Å². The third-order valence-electron chi connectivity index (χ3n) is 5.68. The summed E-state index contributed by atoms with van der Waals surface area (Å²) in [4.78, 5) is 16.4. The fraction of sp³-hybridized carbons (Fsp3) is 0.600. The van der Waals surface area contributed by atoms with Crippen LogP contribution in [0.15, 0.2) is 29.3 Å². The number of hydrogen-bond donors (Lipinski definition) is 4. The summed E-state index contributed by atoms with van der Waals surface area (Å²) in [6.07, 6.45) is 2.63. The van der Waals surface area contributed by atoms with Crippen LogP contribution in [0.2, 0.25) is 0 Å². The van der Waals surface area contributed by atoms with Crippen molar-refractivity contribution >= 4 is 35.8 Å². The van der Waals surface area contributed by atoms with Gasteiger partial charge in [-0.25, -0.2) is 0 Å². The van der Waals surface area contributed by atoms with Gasteiger partial charge in [0.15, 0.2) is 5.96 Å². The van der Waals surface area contributed by atoms with Crippen LogP contribution in [0.1, 0.15) is 37.0 Å². The zero-order chi connectivity index (χ0) is 19.4. The molecule has 4 N–H and O–H groups in total. The van der Waals surface area contributed by atoms with E-state index in [1.165, 1.54) is 18.6 Å². The lowest BCUT2D eigenvalue weighted by atomic mass is 9.55. The van der Waals surface area contributed by atoms with Crippen molar-refractivity contribution in [3.8, 4) is 5.75 Å². The third-order valence-corrected chi connectivity index (χ3v) is 5.68. The standard InChI is InChI=1S/C20H30N4O3.HI/c1-20(2)16(15-5-4-12-27-17(15)20)24-19(21-3)23-11-10-22-18(26)13-6-8-14(25)9-7-13;/h6-9,15-17,25H,4-5,10-12H2,1-3H3,(H,22,26)(H2,21,23,24);1H. The quantitative estimate of drug-likeness (QED) is 0.214. The molecule has 3 unspecified atom stereocenters. The molecule has 0 radical (unpaired) electrons. The zero-order valence-corrected chi connectivity index (χ0v) is 19.0. The summed E-state index contributed by atoms with van der Waals surface area (Å²) in [5.41, 5.74) is 0.602. The van der Waals surface area contributed by atoms with Crippen LogP contribution in [0.25, 0.3) is 0 Å². The molecule has 1 aliphatic carbocycles. The molecule has 1 aromatic rings. The average Bonchev–Trinajstić information content (AvgIpc) is 2.67. The van der Waals surface area contributed by atoms with Crippen molar-refractivity contribution in [1.82, 2.24) is 16.0 Å². The maximum atomic E-state index is 12.1. The first kappa shape index (κ1) is 22.7. The number of aromatic hydroxyl groups is 1. The van der Waals surface area contributed by atoms with Crippen molar-refractivity contribution in [1.29, 1.82) is 0 Å². The Morgan fingerprint density at radius 3 is 2.61 bits per heavy atom. The maximum absolute atomic E-state index is 12.1. The number of amides is 1. The number of ether oxygens (including phenoxy) is 1. The number of aliphatic imine (C=N–C) groups is 1. The maximum Gasteiger partial charge on any atom is 0.251 e. The number of guanidine groups is 1. The van der Waals surface area contributed by atoms with Gasteiger partial charge in [-0.2, -0.15) is 0 Å². The minimum absolute atomic E-state index is 0. The fourth-order valence-corrected chi connectivity index (χ4v) is 4.23. The van der Waals surface area contributed by atoms with Crippen molar-refractivity contribution in [3.05, 3.63) is 29.8 Å². The lowest BCUT2D eigenvalue weighted by Crippen LogP contribution is -2.71. The molecule has 28 heavy (non-hydrogen) atoms. The monoisotopic (exact) mass is 502 g/mol. The lowest BCUT2D eigenvalue weighted by Gasteiger charge is -2.60. The van der Waals surface area contributed by atoms with E-state index < -0.39 is 0 Å². The van der Waals surface area contributed by atoms with Gasteiger partial charge >= 0.3 is 0 Å². The second-order valence-electron chi connectivity index (χ2n) is 7.84. The molecule has 2 aliphatic rings. The molecule has 2 fully saturated rings. The predicted molar refractivity (Wildman–Crippen MR) is 120 cm³/mol. The minimum Gasteiger partial charge on any atom is -0.508 e. The highest BCUT2D eigenvalue weighted by Crippen LogP contribution is 2.51. The number of carbonyl (C=O) groups is 1. The summed E-state index contributed by atoms with van der Waals surface area (Å²) in [7, 11) is 1.75. The Labute approximate surface area is 183 Å². The molecular formula is C20H31IN4O3. The number of phenols is 1. The molecule has 0 aromatic heterocycles. The smallest absolute Gasteiger partial charge is 0.251 e. The average molecular weight is 502 g/mol. The minimum atomic E-state index is -0.165. The second kappa shape index (κ2) is 9.78. The van der Waals surface area contributed by atoms with Crippen LogP contribution in [0.3, 0.4) is 0 Å². The van der Waals surface area contributed by atoms with Gasteiger partial charge in [0, 0.05) is 49.7 Å². The summed E-state index contributed by atoms with van der Waals surface area (Å²) >= 11 is 0. The Hall–Kier alpha value is -1.55. The summed E-state index contributed by atoms with van der Waals surface area (Å²) in [6.45, 7) is 6.39. The first-order valence-corrected chi connectivity index (χ1v) is 9.59. The number of carbonyl (C=O) groups excluding carboxylic acids is 1. The number of nitrogens with one attached hydrogen (secondary N) is 3. The van der Waals surface area contributed by atoms with E-state index in [0.717, 1.165) is 19.0 Å². The Morgan fingerprint density at radius 1 is 1.25 bits per heavy atom. The Bertz CT molecular complexity index is 693. The molecule has 0 bridgehead atoms.